The minimum atomic E-state index is 0.392. The van der Waals surface area contributed by atoms with Crippen molar-refractivity contribution in [3.05, 3.63) is 40.9 Å². The number of hydrogen-bond acceptors (Lipinski definition) is 3. The smallest absolute Gasteiger partial charge is 0.123 e. The largest absolute Gasteiger partial charge is 0.328 e. The molecule has 0 bridgehead atoms. The molecule has 2 nitrogen and oxygen atoms in total. The van der Waals surface area contributed by atoms with E-state index in [2.05, 4.69) is 36.6 Å². The van der Waals surface area contributed by atoms with Gasteiger partial charge < -0.3 is 5.73 Å². The van der Waals surface area contributed by atoms with E-state index in [-0.39, 0.29) is 0 Å². The second kappa shape index (κ2) is 4.24. The second-order valence-electron chi connectivity index (χ2n) is 4.82. The topological polar surface area (TPSA) is 38.9 Å². The maximum atomic E-state index is 5.82. The summed E-state index contributed by atoms with van der Waals surface area (Å²) in [6, 6.07) is 8.81. The van der Waals surface area contributed by atoms with E-state index in [4.69, 9.17) is 10.7 Å². The van der Waals surface area contributed by atoms with Gasteiger partial charge in [-0.15, -0.1) is 11.3 Å². The molecule has 2 N–H and O–H groups in total. The third-order valence-corrected chi connectivity index (χ3v) is 4.38. The van der Waals surface area contributed by atoms with Crippen molar-refractivity contribution in [2.75, 3.05) is 0 Å². The van der Waals surface area contributed by atoms with Crippen LogP contribution in [-0.4, -0.2) is 11.0 Å². The first kappa shape index (κ1) is 10.9. The first-order chi connectivity index (χ1) is 8.24. The predicted molar refractivity (Wildman–Crippen MR) is 72.2 cm³/mol. The minimum Gasteiger partial charge on any atom is -0.328 e. The van der Waals surface area contributed by atoms with Crippen molar-refractivity contribution in [3.63, 3.8) is 0 Å². The Morgan fingerprint density at radius 2 is 2.06 bits per heavy atom. The summed E-state index contributed by atoms with van der Waals surface area (Å²) in [5.41, 5.74) is 9.60. The molecule has 17 heavy (non-hydrogen) atoms. The Hall–Kier alpha value is -1.19. The Morgan fingerprint density at radius 3 is 2.76 bits per heavy atom. The van der Waals surface area contributed by atoms with Gasteiger partial charge in [-0.25, -0.2) is 4.98 Å². The van der Waals surface area contributed by atoms with Gasteiger partial charge in [0, 0.05) is 22.9 Å². The van der Waals surface area contributed by atoms with Crippen LogP contribution in [0.4, 0.5) is 0 Å². The lowest BCUT2D eigenvalue weighted by molar-refractivity contribution is 0.346. The lowest BCUT2D eigenvalue weighted by Gasteiger charge is -2.30. The summed E-state index contributed by atoms with van der Waals surface area (Å²) in [6.45, 7) is 2.13. The van der Waals surface area contributed by atoms with Gasteiger partial charge in [-0.05, 0) is 25.3 Å². The van der Waals surface area contributed by atoms with Crippen molar-refractivity contribution in [2.24, 2.45) is 5.73 Å². The van der Waals surface area contributed by atoms with Gasteiger partial charge in [0.25, 0.3) is 0 Å². The van der Waals surface area contributed by atoms with Crippen molar-refractivity contribution in [3.8, 4) is 10.6 Å². The number of aromatic nitrogens is 1. The molecule has 1 aliphatic rings. The molecule has 0 aliphatic heterocycles. The lowest BCUT2D eigenvalue weighted by atomic mass is 9.79. The number of thiazole rings is 1. The van der Waals surface area contributed by atoms with Crippen LogP contribution in [0.2, 0.25) is 0 Å². The Kier molecular flexibility index (Phi) is 2.73. The molecule has 2 aromatic rings. The van der Waals surface area contributed by atoms with E-state index in [0.29, 0.717) is 12.0 Å². The number of hydrogen-bond donors (Lipinski definition) is 1. The molecule has 1 heterocycles. The van der Waals surface area contributed by atoms with Gasteiger partial charge >= 0.3 is 0 Å². The maximum absolute atomic E-state index is 5.82. The molecule has 1 aliphatic carbocycles. The molecule has 1 aromatic carbocycles. The maximum Gasteiger partial charge on any atom is 0.123 e. The normalized spacial score (nSPS) is 23.4. The zero-order chi connectivity index (χ0) is 11.8. The number of nitrogens with zero attached hydrogens (tertiary/aromatic N) is 1. The van der Waals surface area contributed by atoms with Crippen LogP contribution >= 0.6 is 11.3 Å². The van der Waals surface area contributed by atoms with Crippen LogP contribution in [-0.2, 0) is 0 Å². The van der Waals surface area contributed by atoms with Crippen LogP contribution in [0.15, 0.2) is 29.6 Å². The average molecular weight is 244 g/mol. The lowest BCUT2D eigenvalue weighted by Crippen LogP contribution is -2.34. The molecule has 0 unspecified atom stereocenters. The molecule has 0 radical (unpaired) electrons. The first-order valence-corrected chi connectivity index (χ1v) is 6.89. The molecule has 1 aromatic heterocycles. The van der Waals surface area contributed by atoms with Gasteiger partial charge in [0.1, 0.15) is 5.01 Å². The summed E-state index contributed by atoms with van der Waals surface area (Å²) in [5, 5.41) is 3.33. The summed E-state index contributed by atoms with van der Waals surface area (Å²) >= 11 is 1.74. The van der Waals surface area contributed by atoms with Gasteiger partial charge in [0.05, 0.1) is 5.69 Å². The van der Waals surface area contributed by atoms with E-state index in [0.717, 1.165) is 17.8 Å². The molecule has 1 saturated carbocycles. The summed E-state index contributed by atoms with van der Waals surface area (Å²) in [4.78, 5) is 4.76. The summed E-state index contributed by atoms with van der Waals surface area (Å²) in [7, 11) is 0. The highest BCUT2D eigenvalue weighted by Crippen LogP contribution is 2.38. The van der Waals surface area contributed by atoms with Gasteiger partial charge in [-0.1, -0.05) is 24.3 Å². The molecule has 0 saturated heterocycles. The molecule has 0 atom stereocenters. The van der Waals surface area contributed by atoms with E-state index in [1.54, 1.807) is 11.3 Å². The van der Waals surface area contributed by atoms with E-state index in [1.165, 1.54) is 16.8 Å². The highest BCUT2D eigenvalue weighted by atomic mass is 32.1. The van der Waals surface area contributed by atoms with E-state index >= 15 is 0 Å². The molecule has 88 valence electrons. The highest BCUT2D eigenvalue weighted by Gasteiger charge is 2.29. The standard InChI is InChI=1S/C14H16N2S/c1-9-4-2-3-5-12(9)14-16-13(8-17-14)10-6-11(15)7-10/h2-5,8,10-11H,6-7,15H2,1H3. The third kappa shape index (κ3) is 2.01. The molecule has 3 heteroatoms. The number of benzene rings is 1. The third-order valence-electron chi connectivity index (χ3n) is 3.49. The van der Waals surface area contributed by atoms with Gasteiger partial charge in [0.2, 0.25) is 0 Å². The van der Waals surface area contributed by atoms with E-state index in [9.17, 15) is 0 Å². The predicted octanol–water partition coefficient (Wildman–Crippen LogP) is 3.32. The summed E-state index contributed by atoms with van der Waals surface area (Å²) in [6.07, 6.45) is 2.19. The van der Waals surface area contributed by atoms with Gasteiger partial charge in [0.15, 0.2) is 0 Å². The fourth-order valence-electron chi connectivity index (χ4n) is 2.31. The Bertz CT molecular complexity index is 527. The molecular formula is C14H16N2S. The van der Waals surface area contributed by atoms with Crippen molar-refractivity contribution >= 4 is 11.3 Å². The molecule has 3 rings (SSSR count). The number of aryl methyl sites for hydroxylation is 1. The van der Waals surface area contributed by atoms with Crippen LogP contribution in [0.5, 0.6) is 0 Å². The van der Waals surface area contributed by atoms with Gasteiger partial charge in [-0.2, -0.15) is 0 Å². The molecular weight excluding hydrogens is 228 g/mol. The SMILES string of the molecule is Cc1ccccc1-c1nc(C2CC(N)C2)cs1. The fourth-order valence-corrected chi connectivity index (χ4v) is 3.31. The van der Waals surface area contributed by atoms with Crippen molar-refractivity contribution < 1.29 is 0 Å². The first-order valence-electron chi connectivity index (χ1n) is 6.01. The van der Waals surface area contributed by atoms with Crippen LogP contribution < -0.4 is 5.73 Å². The summed E-state index contributed by atoms with van der Waals surface area (Å²) in [5.74, 6) is 0.596. The Balaban J connectivity index is 1.88. The molecule has 0 spiro atoms. The summed E-state index contributed by atoms with van der Waals surface area (Å²) < 4.78 is 0. The number of rotatable bonds is 2. The zero-order valence-corrected chi connectivity index (χ0v) is 10.7. The average Bonchev–Trinajstić information content (AvgIpc) is 2.74. The Morgan fingerprint density at radius 1 is 1.29 bits per heavy atom. The van der Waals surface area contributed by atoms with Crippen LogP contribution in [0.1, 0.15) is 30.0 Å². The monoisotopic (exact) mass is 244 g/mol. The van der Waals surface area contributed by atoms with Gasteiger partial charge in [-0.3, -0.25) is 0 Å². The minimum absolute atomic E-state index is 0.392. The van der Waals surface area contributed by atoms with Crippen LogP contribution in [0, 0.1) is 6.92 Å². The van der Waals surface area contributed by atoms with Crippen LogP contribution in [0.3, 0.4) is 0 Å². The zero-order valence-electron chi connectivity index (χ0n) is 9.89. The van der Waals surface area contributed by atoms with Crippen LogP contribution in [0.25, 0.3) is 10.6 Å². The van der Waals surface area contributed by atoms with Crippen molar-refractivity contribution in [1.29, 1.82) is 0 Å². The fraction of sp³-hybridized carbons (Fsp3) is 0.357. The highest BCUT2D eigenvalue weighted by molar-refractivity contribution is 7.13. The Labute approximate surface area is 106 Å². The number of nitrogens with two attached hydrogens (primary N) is 1. The second-order valence-corrected chi connectivity index (χ2v) is 5.68. The van der Waals surface area contributed by atoms with E-state index < -0.39 is 0 Å². The van der Waals surface area contributed by atoms with Crippen molar-refractivity contribution in [2.45, 2.75) is 31.7 Å². The molecule has 0 amide bonds. The van der Waals surface area contributed by atoms with Crippen molar-refractivity contribution in [1.82, 2.24) is 4.98 Å². The van der Waals surface area contributed by atoms with E-state index in [1.807, 2.05) is 0 Å². The quantitative estimate of drug-likeness (QED) is 0.880. The molecule has 1 fully saturated rings.